The van der Waals surface area contributed by atoms with E-state index in [2.05, 4.69) is 15.0 Å². The molecule has 0 aliphatic rings. The van der Waals surface area contributed by atoms with E-state index in [0.29, 0.717) is 12.5 Å². The quantitative estimate of drug-likeness (QED) is 0.728. The molecule has 0 aromatic carbocycles. The topological polar surface area (TPSA) is 93.1 Å². The van der Waals surface area contributed by atoms with Crippen molar-refractivity contribution < 1.29 is 8.42 Å². The number of rotatable bonds is 7. The van der Waals surface area contributed by atoms with Gasteiger partial charge in [0, 0.05) is 25.5 Å². The maximum Gasteiger partial charge on any atom is 0.293 e. The van der Waals surface area contributed by atoms with Crippen LogP contribution in [-0.4, -0.2) is 37.3 Å². The molecule has 0 spiro atoms. The van der Waals surface area contributed by atoms with Crippen LogP contribution in [-0.2, 0) is 16.6 Å². The van der Waals surface area contributed by atoms with Crippen LogP contribution in [0.1, 0.15) is 13.8 Å². The highest BCUT2D eigenvalue weighted by Crippen LogP contribution is 1.98. The first-order valence-electron chi connectivity index (χ1n) is 6.06. The lowest BCUT2D eigenvalue weighted by Gasteiger charge is -2.10. The van der Waals surface area contributed by atoms with Gasteiger partial charge >= 0.3 is 0 Å². The molecule has 0 saturated carbocycles. The number of anilines is 1. The molecule has 1 aromatic rings. The molecule has 0 saturated heterocycles. The lowest BCUT2D eigenvalue weighted by molar-refractivity contribution is 0.509. The maximum atomic E-state index is 12.0. The van der Waals surface area contributed by atoms with Gasteiger partial charge in [0.1, 0.15) is 0 Å². The van der Waals surface area contributed by atoms with Gasteiger partial charge in [0.05, 0.1) is 5.75 Å². The maximum absolute atomic E-state index is 12.0. The Morgan fingerprint density at radius 2 is 2.11 bits per heavy atom. The Labute approximate surface area is 113 Å². The van der Waals surface area contributed by atoms with Crippen LogP contribution >= 0.6 is 0 Å². The van der Waals surface area contributed by atoms with Gasteiger partial charge in [-0.3, -0.25) is 4.79 Å². The summed E-state index contributed by atoms with van der Waals surface area (Å²) in [6, 6.07) is 0. The lowest BCUT2D eigenvalue weighted by atomic mass is 10.2. The van der Waals surface area contributed by atoms with Gasteiger partial charge in [0.15, 0.2) is 5.82 Å². The van der Waals surface area contributed by atoms with Crippen molar-refractivity contribution in [3.63, 3.8) is 0 Å². The molecule has 19 heavy (non-hydrogen) atoms. The summed E-state index contributed by atoms with van der Waals surface area (Å²) in [5, 5.41) is 2.75. The zero-order valence-electron chi connectivity index (χ0n) is 11.4. The molecule has 0 bridgehead atoms. The Hall–Kier alpha value is -1.41. The van der Waals surface area contributed by atoms with Crippen LogP contribution in [0.3, 0.4) is 0 Å². The summed E-state index contributed by atoms with van der Waals surface area (Å²) < 4.78 is 26.2. The average Bonchev–Trinajstić information content (AvgIpc) is 2.33. The van der Waals surface area contributed by atoms with Crippen LogP contribution < -0.4 is 15.6 Å². The van der Waals surface area contributed by atoms with Crippen LogP contribution in [0.5, 0.6) is 0 Å². The number of hydrogen-bond donors (Lipinski definition) is 2. The molecule has 0 radical (unpaired) electrons. The first-order valence-corrected chi connectivity index (χ1v) is 7.71. The van der Waals surface area contributed by atoms with Crippen LogP contribution in [0.15, 0.2) is 17.2 Å². The molecule has 1 aromatic heterocycles. The second kappa shape index (κ2) is 6.67. The van der Waals surface area contributed by atoms with Gasteiger partial charge in [0.25, 0.3) is 5.56 Å². The van der Waals surface area contributed by atoms with E-state index in [0.717, 1.165) is 0 Å². The molecule has 0 atom stereocenters. The van der Waals surface area contributed by atoms with E-state index >= 15 is 0 Å². The molecule has 0 amide bonds. The minimum absolute atomic E-state index is 0.107. The van der Waals surface area contributed by atoms with Gasteiger partial charge in [-0.05, 0) is 13.0 Å². The third kappa shape index (κ3) is 4.99. The molecule has 2 N–H and O–H groups in total. The Morgan fingerprint density at radius 3 is 2.68 bits per heavy atom. The SMILES string of the molecule is CNS(=O)(=O)CCNc1nccn(CC(C)C)c1=O. The lowest BCUT2D eigenvalue weighted by Crippen LogP contribution is -2.30. The predicted octanol–water partition coefficient (Wildman–Crippen LogP) is -0.140. The molecule has 0 aliphatic carbocycles. The fraction of sp³-hybridized carbons (Fsp3) is 0.636. The van der Waals surface area contributed by atoms with Gasteiger partial charge in [-0.2, -0.15) is 0 Å². The zero-order chi connectivity index (χ0) is 14.5. The molecule has 0 fully saturated rings. The molecular weight excluding hydrogens is 268 g/mol. The van der Waals surface area contributed by atoms with Crippen LogP contribution in [0.4, 0.5) is 5.82 Å². The smallest absolute Gasteiger partial charge is 0.293 e. The van der Waals surface area contributed by atoms with Gasteiger partial charge < -0.3 is 9.88 Å². The van der Waals surface area contributed by atoms with Crippen molar-refractivity contribution >= 4 is 15.8 Å². The molecule has 0 unspecified atom stereocenters. The van der Waals surface area contributed by atoms with Gasteiger partial charge in [-0.15, -0.1) is 0 Å². The Kier molecular flexibility index (Phi) is 5.49. The molecule has 1 rings (SSSR count). The van der Waals surface area contributed by atoms with Crippen molar-refractivity contribution in [2.75, 3.05) is 24.7 Å². The van der Waals surface area contributed by atoms with Gasteiger partial charge in [-0.1, -0.05) is 13.8 Å². The number of nitrogens with one attached hydrogen (secondary N) is 2. The normalized spacial score (nSPS) is 11.8. The fourth-order valence-corrected chi connectivity index (χ4v) is 2.09. The first kappa shape index (κ1) is 15.6. The molecule has 108 valence electrons. The first-order chi connectivity index (χ1) is 8.85. The minimum Gasteiger partial charge on any atom is -0.364 e. The van der Waals surface area contributed by atoms with Gasteiger partial charge in [0.2, 0.25) is 10.0 Å². The molecular formula is C11H20N4O3S. The van der Waals surface area contributed by atoms with E-state index < -0.39 is 10.0 Å². The average molecular weight is 288 g/mol. The number of hydrogen-bond acceptors (Lipinski definition) is 5. The van der Waals surface area contributed by atoms with E-state index in [1.165, 1.54) is 13.2 Å². The van der Waals surface area contributed by atoms with Crippen LogP contribution in [0.2, 0.25) is 0 Å². The van der Waals surface area contributed by atoms with Crippen LogP contribution in [0, 0.1) is 5.92 Å². The summed E-state index contributed by atoms with van der Waals surface area (Å²) in [5.74, 6) is 0.413. The van der Waals surface area contributed by atoms with Crippen LogP contribution in [0.25, 0.3) is 0 Å². The van der Waals surface area contributed by atoms with Crippen molar-refractivity contribution in [2.24, 2.45) is 5.92 Å². The highest BCUT2D eigenvalue weighted by Gasteiger charge is 2.09. The standard InChI is InChI=1S/C11H20N4O3S/c1-9(2)8-15-6-4-13-10(11(15)16)14-5-7-19(17,18)12-3/h4,6,9,12H,5,7-8H2,1-3H3,(H,13,14). The fourth-order valence-electron chi connectivity index (χ4n) is 1.51. The van der Waals surface area contributed by atoms with Crippen molar-refractivity contribution in [1.82, 2.24) is 14.3 Å². The summed E-state index contributed by atoms with van der Waals surface area (Å²) >= 11 is 0. The summed E-state index contributed by atoms with van der Waals surface area (Å²) in [5.41, 5.74) is -0.238. The van der Waals surface area contributed by atoms with Crippen molar-refractivity contribution in [2.45, 2.75) is 20.4 Å². The number of nitrogens with zero attached hydrogens (tertiary/aromatic N) is 2. The zero-order valence-corrected chi connectivity index (χ0v) is 12.2. The molecule has 7 nitrogen and oxygen atoms in total. The molecule has 0 aliphatic heterocycles. The van der Waals surface area contributed by atoms with E-state index in [-0.39, 0.29) is 23.7 Å². The van der Waals surface area contributed by atoms with Crippen molar-refractivity contribution in [1.29, 1.82) is 0 Å². The molecule has 8 heteroatoms. The third-order valence-corrected chi connectivity index (χ3v) is 3.81. The second-order valence-electron chi connectivity index (χ2n) is 4.58. The highest BCUT2D eigenvalue weighted by molar-refractivity contribution is 7.89. The monoisotopic (exact) mass is 288 g/mol. The van der Waals surface area contributed by atoms with Crippen molar-refractivity contribution in [3.8, 4) is 0 Å². The summed E-state index contributed by atoms with van der Waals surface area (Å²) in [7, 11) is -1.93. The van der Waals surface area contributed by atoms with E-state index in [1.54, 1.807) is 10.8 Å². The van der Waals surface area contributed by atoms with E-state index in [9.17, 15) is 13.2 Å². The van der Waals surface area contributed by atoms with Gasteiger partial charge in [-0.25, -0.2) is 18.1 Å². The summed E-state index contributed by atoms with van der Waals surface area (Å²) in [6.07, 6.45) is 3.15. The number of aromatic nitrogens is 2. The minimum atomic E-state index is -3.28. The summed E-state index contributed by atoms with van der Waals surface area (Å²) in [6.45, 7) is 4.76. The Balaban J connectivity index is 2.72. The summed E-state index contributed by atoms with van der Waals surface area (Å²) in [4.78, 5) is 15.9. The van der Waals surface area contributed by atoms with E-state index in [4.69, 9.17) is 0 Å². The second-order valence-corrected chi connectivity index (χ2v) is 6.62. The predicted molar refractivity (Wildman–Crippen MR) is 74.7 cm³/mol. The third-order valence-electron chi connectivity index (χ3n) is 2.45. The molecule has 1 heterocycles. The Bertz CT molecular complexity index is 566. The largest absolute Gasteiger partial charge is 0.364 e. The van der Waals surface area contributed by atoms with Crippen molar-refractivity contribution in [3.05, 3.63) is 22.7 Å². The number of sulfonamides is 1. The highest BCUT2D eigenvalue weighted by atomic mass is 32.2. The van der Waals surface area contributed by atoms with E-state index in [1.807, 2.05) is 13.8 Å². The Morgan fingerprint density at radius 1 is 1.42 bits per heavy atom.